The quantitative estimate of drug-likeness (QED) is 0.565. The van der Waals surface area contributed by atoms with Gasteiger partial charge >= 0.3 is 0 Å². The number of aliphatic hydroxyl groups excluding tert-OH is 1. The molecule has 1 aliphatic carbocycles. The molecule has 0 aromatic heterocycles. The van der Waals surface area contributed by atoms with Gasteiger partial charge in [-0.25, -0.2) is 0 Å². The van der Waals surface area contributed by atoms with E-state index >= 15 is 0 Å². The summed E-state index contributed by atoms with van der Waals surface area (Å²) in [5.41, 5.74) is 6.49. The summed E-state index contributed by atoms with van der Waals surface area (Å²) in [6, 6.07) is 0. The zero-order valence-electron chi connectivity index (χ0n) is 11.6. The average Bonchev–Trinajstić information content (AvgIpc) is 2.28. The normalized spacial score (nSPS) is 16.1. The van der Waals surface area contributed by atoms with Crippen LogP contribution in [0.15, 0.2) is 29.0 Å². The lowest BCUT2D eigenvalue weighted by atomic mass is 9.79. The third-order valence-corrected chi connectivity index (χ3v) is 3.12. The van der Waals surface area contributed by atoms with Crippen molar-refractivity contribution in [2.24, 2.45) is 5.41 Å². The van der Waals surface area contributed by atoms with E-state index in [2.05, 4.69) is 38.7 Å². The van der Waals surface area contributed by atoms with Gasteiger partial charge in [-0.05, 0) is 55.6 Å². The first-order valence-corrected chi connectivity index (χ1v) is 6.81. The highest BCUT2D eigenvalue weighted by Gasteiger charge is 2.21. The second-order valence-electron chi connectivity index (χ2n) is 5.81. The Hall–Kier alpha value is -0.780. The molecular formula is C16H26O. The fourth-order valence-electron chi connectivity index (χ4n) is 2.22. The molecular weight excluding hydrogens is 208 g/mol. The maximum atomic E-state index is 8.77. The van der Waals surface area contributed by atoms with Crippen molar-refractivity contribution in [3.8, 4) is 0 Å². The standard InChI is InChI=1S/C16H26O/c1-16(2,3)15(12-8-5-9-13-17)14-10-6-4-7-11-14/h8,10,17H,4-7,9,11,13H2,1-3H3. The van der Waals surface area contributed by atoms with Crippen molar-refractivity contribution in [2.75, 3.05) is 6.61 Å². The largest absolute Gasteiger partial charge is 0.396 e. The molecule has 0 heterocycles. The second-order valence-corrected chi connectivity index (χ2v) is 5.81. The zero-order valence-corrected chi connectivity index (χ0v) is 11.6. The predicted octanol–water partition coefficient (Wildman–Crippen LogP) is 4.39. The number of aliphatic hydroxyl groups is 1. The molecule has 0 amide bonds. The van der Waals surface area contributed by atoms with E-state index in [1.807, 2.05) is 0 Å². The van der Waals surface area contributed by atoms with Gasteiger partial charge in [0.1, 0.15) is 0 Å². The monoisotopic (exact) mass is 234 g/mol. The van der Waals surface area contributed by atoms with Crippen LogP contribution >= 0.6 is 0 Å². The Morgan fingerprint density at radius 1 is 1.41 bits per heavy atom. The molecule has 0 aromatic rings. The number of allylic oxidation sites excluding steroid dienone is 3. The van der Waals surface area contributed by atoms with Crippen molar-refractivity contribution in [1.82, 2.24) is 0 Å². The van der Waals surface area contributed by atoms with E-state index in [4.69, 9.17) is 5.11 Å². The summed E-state index contributed by atoms with van der Waals surface area (Å²) in [6.45, 7) is 7.03. The van der Waals surface area contributed by atoms with Crippen LogP contribution in [0.5, 0.6) is 0 Å². The van der Waals surface area contributed by atoms with Crippen LogP contribution in [-0.4, -0.2) is 11.7 Å². The van der Waals surface area contributed by atoms with Crippen molar-refractivity contribution in [2.45, 2.75) is 59.3 Å². The Balaban J connectivity index is 2.88. The average molecular weight is 234 g/mol. The van der Waals surface area contributed by atoms with Gasteiger partial charge < -0.3 is 5.11 Å². The van der Waals surface area contributed by atoms with Gasteiger partial charge in [-0.3, -0.25) is 0 Å². The molecule has 17 heavy (non-hydrogen) atoms. The van der Waals surface area contributed by atoms with Crippen molar-refractivity contribution in [3.63, 3.8) is 0 Å². The van der Waals surface area contributed by atoms with Crippen molar-refractivity contribution < 1.29 is 5.11 Å². The molecule has 0 radical (unpaired) electrons. The van der Waals surface area contributed by atoms with Gasteiger partial charge in [0.25, 0.3) is 0 Å². The SMILES string of the molecule is CC(C)(C)C(=C=CCCCO)C1=CCCCC1. The summed E-state index contributed by atoms with van der Waals surface area (Å²) < 4.78 is 0. The fraction of sp³-hybridized carbons (Fsp3) is 0.688. The zero-order chi connectivity index (χ0) is 12.7. The highest BCUT2D eigenvalue weighted by Crippen LogP contribution is 2.35. The molecule has 1 N–H and O–H groups in total. The number of unbranched alkanes of at least 4 members (excludes halogenated alkanes) is 1. The smallest absolute Gasteiger partial charge is 0.0434 e. The number of rotatable bonds is 4. The molecule has 1 nitrogen and oxygen atoms in total. The van der Waals surface area contributed by atoms with E-state index in [-0.39, 0.29) is 12.0 Å². The molecule has 0 saturated heterocycles. The van der Waals surface area contributed by atoms with Crippen LogP contribution in [0.3, 0.4) is 0 Å². The highest BCUT2D eigenvalue weighted by atomic mass is 16.2. The van der Waals surface area contributed by atoms with E-state index in [9.17, 15) is 0 Å². The highest BCUT2D eigenvalue weighted by molar-refractivity contribution is 5.35. The molecule has 0 unspecified atom stereocenters. The number of hydrogen-bond donors (Lipinski definition) is 1. The van der Waals surface area contributed by atoms with Crippen LogP contribution in [0.25, 0.3) is 0 Å². The van der Waals surface area contributed by atoms with Crippen molar-refractivity contribution >= 4 is 0 Å². The lowest BCUT2D eigenvalue weighted by Gasteiger charge is -2.25. The second kappa shape index (κ2) is 6.83. The van der Waals surface area contributed by atoms with Crippen LogP contribution < -0.4 is 0 Å². The molecule has 1 rings (SSSR count). The van der Waals surface area contributed by atoms with Crippen LogP contribution in [0.2, 0.25) is 0 Å². The van der Waals surface area contributed by atoms with Gasteiger partial charge in [0.15, 0.2) is 0 Å². The molecule has 1 heteroatoms. The van der Waals surface area contributed by atoms with Crippen LogP contribution in [0.1, 0.15) is 59.3 Å². The molecule has 0 atom stereocenters. The Morgan fingerprint density at radius 2 is 2.18 bits per heavy atom. The van der Waals surface area contributed by atoms with Crippen molar-refractivity contribution in [1.29, 1.82) is 0 Å². The molecule has 0 bridgehead atoms. The van der Waals surface area contributed by atoms with Gasteiger partial charge in [-0.1, -0.05) is 26.8 Å². The molecule has 96 valence electrons. The Bertz CT molecular complexity index is 322. The van der Waals surface area contributed by atoms with E-state index in [1.54, 1.807) is 0 Å². The van der Waals surface area contributed by atoms with E-state index in [1.165, 1.54) is 36.8 Å². The summed E-state index contributed by atoms with van der Waals surface area (Å²) in [6.07, 6.45) is 11.3. The third-order valence-electron chi connectivity index (χ3n) is 3.12. The van der Waals surface area contributed by atoms with E-state index < -0.39 is 0 Å². The minimum atomic E-state index is 0.166. The van der Waals surface area contributed by atoms with Crippen LogP contribution in [-0.2, 0) is 0 Å². The Labute approximate surface area is 106 Å². The number of hydrogen-bond acceptors (Lipinski definition) is 1. The maximum absolute atomic E-state index is 8.77. The van der Waals surface area contributed by atoms with Gasteiger partial charge in [-0.15, -0.1) is 5.73 Å². The molecule has 0 aromatic carbocycles. The van der Waals surface area contributed by atoms with E-state index in [0.717, 1.165) is 12.8 Å². The molecule has 0 spiro atoms. The minimum Gasteiger partial charge on any atom is -0.396 e. The lowest BCUT2D eigenvalue weighted by molar-refractivity contribution is 0.289. The van der Waals surface area contributed by atoms with Crippen LogP contribution in [0, 0.1) is 5.41 Å². The minimum absolute atomic E-state index is 0.166. The summed E-state index contributed by atoms with van der Waals surface area (Å²) >= 11 is 0. The summed E-state index contributed by atoms with van der Waals surface area (Å²) in [4.78, 5) is 0. The van der Waals surface area contributed by atoms with Crippen molar-refractivity contribution in [3.05, 3.63) is 29.0 Å². The summed E-state index contributed by atoms with van der Waals surface area (Å²) in [5, 5.41) is 8.77. The summed E-state index contributed by atoms with van der Waals surface area (Å²) in [7, 11) is 0. The van der Waals surface area contributed by atoms with Gasteiger partial charge in [-0.2, -0.15) is 0 Å². The predicted molar refractivity (Wildman–Crippen MR) is 73.9 cm³/mol. The van der Waals surface area contributed by atoms with Gasteiger partial charge in [0.05, 0.1) is 0 Å². The van der Waals surface area contributed by atoms with Crippen LogP contribution in [0.4, 0.5) is 0 Å². The first kappa shape index (κ1) is 14.3. The molecule has 1 aliphatic rings. The first-order chi connectivity index (χ1) is 8.05. The fourth-order valence-corrected chi connectivity index (χ4v) is 2.22. The molecule has 0 aliphatic heterocycles. The summed E-state index contributed by atoms with van der Waals surface area (Å²) in [5.74, 6) is 0. The topological polar surface area (TPSA) is 20.2 Å². The lowest BCUT2D eigenvalue weighted by Crippen LogP contribution is -2.12. The Kier molecular flexibility index (Phi) is 5.74. The first-order valence-electron chi connectivity index (χ1n) is 6.81. The third kappa shape index (κ3) is 4.93. The van der Waals surface area contributed by atoms with Gasteiger partial charge in [0, 0.05) is 12.2 Å². The van der Waals surface area contributed by atoms with Gasteiger partial charge in [0.2, 0.25) is 0 Å². The Morgan fingerprint density at radius 3 is 2.71 bits per heavy atom. The molecule has 0 fully saturated rings. The molecule has 0 saturated carbocycles. The maximum Gasteiger partial charge on any atom is 0.0434 e. The van der Waals surface area contributed by atoms with E-state index in [0.29, 0.717) is 0 Å².